The van der Waals surface area contributed by atoms with E-state index in [0.717, 1.165) is 5.75 Å². The van der Waals surface area contributed by atoms with Crippen molar-refractivity contribution in [3.05, 3.63) is 41.9 Å². The summed E-state index contributed by atoms with van der Waals surface area (Å²) in [6.07, 6.45) is 13.3. The Labute approximate surface area is 179 Å². The van der Waals surface area contributed by atoms with Crippen LogP contribution in [0.4, 0.5) is 0 Å². The summed E-state index contributed by atoms with van der Waals surface area (Å²) in [7, 11) is 0. The van der Waals surface area contributed by atoms with Gasteiger partial charge in [-0.1, -0.05) is 110 Å². The Morgan fingerprint density at radius 2 is 1.28 bits per heavy atom. The van der Waals surface area contributed by atoms with E-state index in [4.69, 9.17) is 9.39 Å². The van der Waals surface area contributed by atoms with E-state index in [1.165, 1.54) is 75.3 Å². The molecule has 1 aromatic rings. The van der Waals surface area contributed by atoms with Crippen LogP contribution in [-0.2, 0) is 4.65 Å². The average molecular weight is 396 g/mol. The number of para-hydroxylation sites is 1. The second-order valence-electron chi connectivity index (χ2n) is 9.93. The van der Waals surface area contributed by atoms with Crippen LogP contribution in [0.5, 0.6) is 5.75 Å². The minimum absolute atomic E-state index is 0.275. The summed E-state index contributed by atoms with van der Waals surface area (Å²) in [5, 5.41) is 0. The zero-order valence-corrected chi connectivity index (χ0v) is 19.2. The lowest BCUT2D eigenvalue weighted by Crippen LogP contribution is -2.33. The fourth-order valence-electron chi connectivity index (χ4n) is 5.39. The van der Waals surface area contributed by atoms with Gasteiger partial charge < -0.3 is 9.39 Å². The maximum atomic E-state index is 6.59. The van der Waals surface area contributed by atoms with Gasteiger partial charge in [0.2, 0.25) is 0 Å². The molecule has 3 rings (SSSR count). The van der Waals surface area contributed by atoms with Gasteiger partial charge >= 0.3 is 6.92 Å². The molecule has 1 aromatic carbocycles. The SMILES string of the molecule is C=C(OB(C1CCCCC1)C1CCCCC1)Oc1c(C(C)C)cccc1C(C)C. The molecule has 0 saturated heterocycles. The Balaban J connectivity index is 1.78. The summed E-state index contributed by atoms with van der Waals surface area (Å²) in [4.78, 5) is 0. The molecule has 2 fully saturated rings. The van der Waals surface area contributed by atoms with E-state index >= 15 is 0 Å². The van der Waals surface area contributed by atoms with Gasteiger partial charge in [-0.2, -0.15) is 0 Å². The molecule has 2 aliphatic rings. The second kappa shape index (κ2) is 10.6. The van der Waals surface area contributed by atoms with Crippen molar-refractivity contribution >= 4 is 6.92 Å². The van der Waals surface area contributed by atoms with Gasteiger partial charge in [0, 0.05) is 0 Å². The average Bonchev–Trinajstić information content (AvgIpc) is 2.73. The van der Waals surface area contributed by atoms with Crippen LogP contribution in [0.3, 0.4) is 0 Å². The Kier molecular flexibility index (Phi) is 8.15. The molecule has 2 aliphatic carbocycles. The first kappa shape index (κ1) is 22.3. The summed E-state index contributed by atoms with van der Waals surface area (Å²) in [6, 6.07) is 6.51. The number of benzene rings is 1. The maximum absolute atomic E-state index is 6.59. The molecule has 2 saturated carbocycles. The van der Waals surface area contributed by atoms with E-state index in [2.05, 4.69) is 52.5 Å². The fourth-order valence-corrected chi connectivity index (χ4v) is 5.39. The standard InChI is InChI=1S/C26H41BO2/c1-19(2)24-17-12-18-25(20(3)4)26(24)28-21(5)29-27(22-13-8-6-9-14-22)23-15-10-7-11-16-23/h12,17-20,22-23H,5-11,13-16H2,1-4H3. The molecule has 0 radical (unpaired) electrons. The first-order chi connectivity index (χ1) is 14.0. The van der Waals surface area contributed by atoms with E-state index < -0.39 is 0 Å². The highest BCUT2D eigenvalue weighted by molar-refractivity contribution is 6.55. The molecule has 0 unspecified atom stereocenters. The topological polar surface area (TPSA) is 18.5 Å². The smallest absolute Gasteiger partial charge is 0.368 e. The summed E-state index contributed by atoms with van der Waals surface area (Å²) < 4.78 is 13.0. The van der Waals surface area contributed by atoms with Gasteiger partial charge in [0.05, 0.1) is 0 Å². The molecule has 0 aliphatic heterocycles. The highest BCUT2D eigenvalue weighted by Crippen LogP contribution is 2.43. The molecule has 29 heavy (non-hydrogen) atoms. The van der Waals surface area contributed by atoms with Gasteiger partial charge in [0.1, 0.15) is 5.75 Å². The molecule has 0 aromatic heterocycles. The minimum atomic E-state index is 0.275. The summed E-state index contributed by atoms with van der Waals surface area (Å²) in [5.41, 5.74) is 2.49. The van der Waals surface area contributed by atoms with E-state index in [9.17, 15) is 0 Å². The Hall–Kier alpha value is -1.38. The number of hydrogen-bond donors (Lipinski definition) is 0. The van der Waals surface area contributed by atoms with Crippen molar-refractivity contribution in [3.63, 3.8) is 0 Å². The van der Waals surface area contributed by atoms with E-state index in [1.54, 1.807) is 0 Å². The van der Waals surface area contributed by atoms with Crippen molar-refractivity contribution in [2.45, 2.75) is 115 Å². The monoisotopic (exact) mass is 396 g/mol. The Bertz CT molecular complexity index is 610. The Morgan fingerprint density at radius 3 is 1.69 bits per heavy atom. The summed E-state index contributed by atoms with van der Waals surface area (Å²) in [6.45, 7) is 13.4. The van der Waals surface area contributed by atoms with Crippen LogP contribution in [0.2, 0.25) is 11.6 Å². The zero-order chi connectivity index (χ0) is 20.8. The van der Waals surface area contributed by atoms with Crippen molar-refractivity contribution in [3.8, 4) is 5.75 Å². The van der Waals surface area contributed by atoms with Crippen LogP contribution in [-0.4, -0.2) is 6.92 Å². The highest BCUT2D eigenvalue weighted by Gasteiger charge is 2.39. The minimum Gasteiger partial charge on any atom is -0.536 e. The molecular weight excluding hydrogens is 355 g/mol. The summed E-state index contributed by atoms with van der Waals surface area (Å²) >= 11 is 0. The van der Waals surface area contributed by atoms with Crippen molar-refractivity contribution in [2.75, 3.05) is 0 Å². The van der Waals surface area contributed by atoms with Crippen LogP contribution >= 0.6 is 0 Å². The lowest BCUT2D eigenvalue weighted by Gasteiger charge is -2.35. The largest absolute Gasteiger partial charge is 0.536 e. The molecule has 0 N–H and O–H groups in total. The first-order valence-corrected chi connectivity index (χ1v) is 12.1. The van der Waals surface area contributed by atoms with Gasteiger partial charge in [-0.3, -0.25) is 0 Å². The molecule has 2 nitrogen and oxygen atoms in total. The number of hydrogen-bond acceptors (Lipinski definition) is 2. The van der Waals surface area contributed by atoms with Crippen LogP contribution in [0, 0.1) is 0 Å². The third-order valence-corrected chi connectivity index (χ3v) is 7.03. The van der Waals surface area contributed by atoms with Crippen LogP contribution in [0.15, 0.2) is 30.7 Å². The van der Waals surface area contributed by atoms with Crippen LogP contribution in [0.25, 0.3) is 0 Å². The van der Waals surface area contributed by atoms with Gasteiger partial charge in [-0.05, 0) is 41.2 Å². The third-order valence-electron chi connectivity index (χ3n) is 7.03. The highest BCUT2D eigenvalue weighted by atomic mass is 16.7. The van der Waals surface area contributed by atoms with Crippen molar-refractivity contribution < 1.29 is 9.39 Å². The fraction of sp³-hybridized carbons (Fsp3) is 0.692. The van der Waals surface area contributed by atoms with Crippen molar-refractivity contribution in [1.82, 2.24) is 0 Å². The zero-order valence-electron chi connectivity index (χ0n) is 19.2. The van der Waals surface area contributed by atoms with Crippen LogP contribution in [0.1, 0.15) is 115 Å². The molecule has 0 spiro atoms. The van der Waals surface area contributed by atoms with Crippen molar-refractivity contribution in [1.29, 1.82) is 0 Å². The Morgan fingerprint density at radius 1 is 0.828 bits per heavy atom. The van der Waals surface area contributed by atoms with Gasteiger partial charge in [-0.15, -0.1) is 0 Å². The molecule has 0 bridgehead atoms. The molecular formula is C26H41BO2. The molecule has 0 heterocycles. The maximum Gasteiger partial charge on any atom is 0.368 e. The van der Waals surface area contributed by atoms with E-state index in [-0.39, 0.29) is 6.92 Å². The van der Waals surface area contributed by atoms with Gasteiger partial charge in [0.15, 0.2) is 0 Å². The number of ether oxygens (including phenoxy) is 1. The molecule has 3 heteroatoms. The van der Waals surface area contributed by atoms with Crippen molar-refractivity contribution in [2.24, 2.45) is 0 Å². The molecule has 160 valence electrons. The summed E-state index contributed by atoms with van der Waals surface area (Å²) in [5.74, 6) is 3.61. The predicted octanol–water partition coefficient (Wildman–Crippen LogP) is 8.46. The number of rotatable bonds is 8. The first-order valence-electron chi connectivity index (χ1n) is 12.1. The van der Waals surface area contributed by atoms with Gasteiger partial charge in [0.25, 0.3) is 5.95 Å². The van der Waals surface area contributed by atoms with Crippen LogP contribution < -0.4 is 4.74 Å². The third kappa shape index (κ3) is 5.83. The van der Waals surface area contributed by atoms with Gasteiger partial charge in [-0.25, -0.2) is 0 Å². The molecule has 0 atom stereocenters. The quantitative estimate of drug-likeness (QED) is 0.324. The lowest BCUT2D eigenvalue weighted by atomic mass is 9.42. The lowest BCUT2D eigenvalue weighted by molar-refractivity contribution is 0.210. The molecule has 0 amide bonds. The van der Waals surface area contributed by atoms with E-state index in [1.807, 2.05) is 0 Å². The second-order valence-corrected chi connectivity index (χ2v) is 9.93. The van der Waals surface area contributed by atoms with E-state index in [0.29, 0.717) is 29.4 Å². The predicted molar refractivity (Wildman–Crippen MR) is 125 cm³/mol. The normalized spacial score (nSPS) is 18.8.